The Morgan fingerprint density at radius 3 is 2.21 bits per heavy atom. The number of benzene rings is 2. The maximum Gasteiger partial charge on any atom is 0.407 e. The molecule has 176 valence electrons. The van der Waals surface area contributed by atoms with Crippen molar-refractivity contribution in [1.82, 2.24) is 15.1 Å². The van der Waals surface area contributed by atoms with Crippen LogP contribution in [0.3, 0.4) is 0 Å². The third kappa shape index (κ3) is 4.50. The van der Waals surface area contributed by atoms with Crippen LogP contribution in [0.5, 0.6) is 0 Å². The number of alkyl carbamates (subject to hydrolysis) is 1. The van der Waals surface area contributed by atoms with Gasteiger partial charge in [-0.15, -0.1) is 0 Å². The molecule has 9 heteroatoms. The first-order valence-electron chi connectivity index (χ1n) is 11.0. The number of nitrogens with zero attached hydrogens (tertiary/aromatic N) is 2. The number of amides is 2. The first-order chi connectivity index (χ1) is 16.3. The Hall–Kier alpha value is -4.14. The van der Waals surface area contributed by atoms with Gasteiger partial charge in [-0.1, -0.05) is 55.5 Å². The summed E-state index contributed by atoms with van der Waals surface area (Å²) in [6.07, 6.45) is -0.609. The Balaban J connectivity index is 1.34. The summed E-state index contributed by atoms with van der Waals surface area (Å²) in [7, 11) is 1.53. The Morgan fingerprint density at radius 2 is 1.65 bits per heavy atom. The molecule has 1 aromatic heterocycles. The van der Waals surface area contributed by atoms with Crippen LogP contribution in [0.15, 0.2) is 54.6 Å². The number of carboxylic acid groups (broad SMARTS) is 1. The number of nitrogens with one attached hydrogen (secondary N) is 2. The monoisotopic (exact) mass is 462 g/mol. The predicted octanol–water partition coefficient (Wildman–Crippen LogP) is 3.62. The highest BCUT2D eigenvalue weighted by Gasteiger charge is 2.30. The molecule has 1 aliphatic rings. The van der Waals surface area contributed by atoms with Gasteiger partial charge in [0.05, 0.1) is 5.92 Å². The van der Waals surface area contributed by atoms with E-state index in [1.54, 1.807) is 13.8 Å². The van der Waals surface area contributed by atoms with Gasteiger partial charge in [0.2, 0.25) is 5.91 Å². The van der Waals surface area contributed by atoms with Crippen LogP contribution in [0, 0.1) is 5.92 Å². The summed E-state index contributed by atoms with van der Waals surface area (Å²) in [6.45, 7) is 3.55. The first-order valence-corrected chi connectivity index (χ1v) is 11.0. The number of carbonyl (C=O) groups is 3. The van der Waals surface area contributed by atoms with Crippen molar-refractivity contribution in [1.29, 1.82) is 0 Å². The molecule has 3 N–H and O–H groups in total. The average molecular weight is 463 g/mol. The highest BCUT2D eigenvalue weighted by atomic mass is 16.5. The van der Waals surface area contributed by atoms with Crippen molar-refractivity contribution < 1.29 is 24.2 Å². The van der Waals surface area contributed by atoms with E-state index in [9.17, 15) is 14.4 Å². The Labute approximate surface area is 196 Å². The number of anilines is 1. The quantitative estimate of drug-likeness (QED) is 0.493. The molecule has 2 unspecified atom stereocenters. The third-order valence-corrected chi connectivity index (χ3v) is 6.20. The van der Waals surface area contributed by atoms with E-state index in [-0.39, 0.29) is 29.9 Å². The lowest BCUT2D eigenvalue weighted by Gasteiger charge is -2.21. The highest BCUT2D eigenvalue weighted by Crippen LogP contribution is 2.44. The van der Waals surface area contributed by atoms with Gasteiger partial charge in [0.1, 0.15) is 12.4 Å². The molecule has 3 aromatic rings. The van der Waals surface area contributed by atoms with Crippen molar-refractivity contribution in [2.24, 2.45) is 13.0 Å². The molecule has 34 heavy (non-hydrogen) atoms. The van der Waals surface area contributed by atoms with E-state index in [0.717, 1.165) is 22.3 Å². The standard InChI is InChI=1S/C25H26N4O5/c1-14(23(30)27-22-12-21(24(31)32)28-29(22)3)15(2)26-25(33)34-13-20-18-10-6-4-8-16(18)17-9-5-7-11-19(17)20/h4-12,14-15,20H,13H2,1-3H3,(H,26,33)(H,27,30)(H,31,32). The van der Waals surface area contributed by atoms with Crippen molar-refractivity contribution in [2.45, 2.75) is 25.8 Å². The van der Waals surface area contributed by atoms with Crippen molar-refractivity contribution in [3.05, 3.63) is 71.4 Å². The van der Waals surface area contributed by atoms with Gasteiger partial charge in [-0.3, -0.25) is 9.48 Å². The molecule has 2 atom stereocenters. The molecule has 1 heterocycles. The van der Waals surface area contributed by atoms with Crippen LogP contribution in [0.25, 0.3) is 11.1 Å². The first kappa shape index (κ1) is 23.0. The largest absolute Gasteiger partial charge is 0.476 e. The molecule has 0 aliphatic heterocycles. The lowest BCUT2D eigenvalue weighted by Crippen LogP contribution is -2.42. The van der Waals surface area contributed by atoms with Crippen LogP contribution in [-0.2, 0) is 16.6 Å². The zero-order valence-corrected chi connectivity index (χ0v) is 19.1. The van der Waals surface area contributed by atoms with Gasteiger partial charge in [0.15, 0.2) is 5.69 Å². The van der Waals surface area contributed by atoms with Crippen molar-refractivity contribution >= 4 is 23.8 Å². The van der Waals surface area contributed by atoms with Crippen molar-refractivity contribution in [3.63, 3.8) is 0 Å². The van der Waals surface area contributed by atoms with Crippen molar-refractivity contribution in [2.75, 3.05) is 11.9 Å². The van der Waals surface area contributed by atoms with Gasteiger partial charge in [-0.05, 0) is 29.2 Å². The molecule has 2 aromatic carbocycles. The summed E-state index contributed by atoms with van der Waals surface area (Å²) in [5.74, 6) is -1.98. The molecule has 2 amide bonds. The number of rotatable bonds is 7. The molecule has 0 radical (unpaired) electrons. The van der Waals surface area contributed by atoms with Gasteiger partial charge in [0.25, 0.3) is 0 Å². The van der Waals surface area contributed by atoms with Crippen LogP contribution in [-0.4, -0.2) is 45.5 Å². The lowest BCUT2D eigenvalue weighted by molar-refractivity contribution is -0.120. The minimum absolute atomic E-state index is 0.0533. The predicted molar refractivity (Wildman–Crippen MR) is 126 cm³/mol. The number of hydrogen-bond donors (Lipinski definition) is 3. The Bertz CT molecular complexity index is 1210. The second kappa shape index (κ2) is 9.38. The molecule has 0 spiro atoms. The zero-order valence-electron chi connectivity index (χ0n) is 19.1. The van der Waals surface area contributed by atoms with Gasteiger partial charge in [-0.25, -0.2) is 9.59 Å². The van der Waals surface area contributed by atoms with E-state index in [0.29, 0.717) is 0 Å². The Kier molecular flexibility index (Phi) is 6.36. The molecule has 0 saturated heterocycles. The molecule has 9 nitrogen and oxygen atoms in total. The normalized spacial score (nSPS) is 14.0. The minimum Gasteiger partial charge on any atom is -0.476 e. The van der Waals surface area contributed by atoms with Crippen molar-refractivity contribution in [3.8, 4) is 11.1 Å². The van der Waals surface area contributed by atoms with Gasteiger partial charge < -0.3 is 20.5 Å². The summed E-state index contributed by atoms with van der Waals surface area (Å²) in [5, 5.41) is 18.2. The number of carbonyl (C=O) groups excluding carboxylic acids is 2. The number of aryl methyl sites for hydroxylation is 1. The zero-order chi connectivity index (χ0) is 24.4. The smallest absolute Gasteiger partial charge is 0.407 e. The molecule has 1 aliphatic carbocycles. The number of hydrogen-bond acceptors (Lipinski definition) is 5. The van der Waals surface area contributed by atoms with Crippen LogP contribution in [0.2, 0.25) is 0 Å². The fourth-order valence-electron chi connectivity index (χ4n) is 4.11. The molecule has 0 saturated carbocycles. The summed E-state index contributed by atoms with van der Waals surface area (Å²) in [6, 6.07) is 16.9. The minimum atomic E-state index is -1.19. The maximum atomic E-state index is 12.6. The second-order valence-electron chi connectivity index (χ2n) is 8.38. The number of carboxylic acids is 1. The van der Waals surface area contributed by atoms with Gasteiger partial charge >= 0.3 is 12.1 Å². The van der Waals surface area contributed by atoms with Crippen LogP contribution in [0.4, 0.5) is 10.6 Å². The average Bonchev–Trinajstić information content (AvgIpc) is 3.35. The van der Waals surface area contributed by atoms with Gasteiger partial charge in [-0.2, -0.15) is 5.10 Å². The molecular weight excluding hydrogens is 436 g/mol. The molecule has 0 fully saturated rings. The number of fused-ring (bicyclic) bond motifs is 3. The van der Waals surface area contributed by atoms with Crippen LogP contribution < -0.4 is 10.6 Å². The van der Waals surface area contributed by atoms with Crippen LogP contribution >= 0.6 is 0 Å². The summed E-state index contributed by atoms with van der Waals surface area (Å²) < 4.78 is 6.82. The molecular formula is C25H26N4O5. The SMILES string of the molecule is CC(NC(=O)OCC1c2ccccc2-c2ccccc21)C(C)C(=O)Nc1cc(C(=O)O)nn1C. The molecule has 4 rings (SSSR count). The summed E-state index contributed by atoms with van der Waals surface area (Å²) in [4.78, 5) is 36.2. The fraction of sp³-hybridized carbons (Fsp3) is 0.280. The van der Waals surface area contributed by atoms with E-state index in [1.165, 1.54) is 17.8 Å². The van der Waals surface area contributed by atoms with E-state index in [2.05, 4.69) is 27.9 Å². The Morgan fingerprint density at radius 1 is 1.06 bits per heavy atom. The van der Waals surface area contributed by atoms with E-state index < -0.39 is 24.0 Å². The number of ether oxygens (including phenoxy) is 1. The lowest BCUT2D eigenvalue weighted by atomic mass is 9.98. The van der Waals surface area contributed by atoms with Crippen LogP contribution in [0.1, 0.15) is 41.4 Å². The van der Waals surface area contributed by atoms with E-state index in [4.69, 9.17) is 9.84 Å². The summed E-state index contributed by atoms with van der Waals surface area (Å²) in [5.41, 5.74) is 4.36. The highest BCUT2D eigenvalue weighted by molar-refractivity contribution is 5.94. The van der Waals surface area contributed by atoms with E-state index >= 15 is 0 Å². The van der Waals surface area contributed by atoms with Gasteiger partial charge in [0, 0.05) is 25.1 Å². The number of aromatic carboxylic acids is 1. The maximum absolute atomic E-state index is 12.6. The fourth-order valence-corrected chi connectivity index (χ4v) is 4.11. The summed E-state index contributed by atoms with van der Waals surface area (Å²) >= 11 is 0. The topological polar surface area (TPSA) is 123 Å². The second-order valence-corrected chi connectivity index (χ2v) is 8.38. The third-order valence-electron chi connectivity index (χ3n) is 6.20. The number of aromatic nitrogens is 2. The van der Waals surface area contributed by atoms with E-state index in [1.807, 2.05) is 36.4 Å². The molecule has 0 bridgehead atoms.